The molecule has 3 rings (SSSR count). The van der Waals surface area contributed by atoms with Gasteiger partial charge in [0.1, 0.15) is 6.54 Å². The molecule has 1 fully saturated rings. The first-order chi connectivity index (χ1) is 13.5. The molecule has 2 aliphatic heterocycles. The highest BCUT2D eigenvalue weighted by Crippen LogP contribution is 2.16. The number of urea groups is 1. The zero-order valence-corrected chi connectivity index (χ0v) is 16.2. The predicted molar refractivity (Wildman–Crippen MR) is 99.6 cm³/mol. The molecule has 0 bridgehead atoms. The van der Waals surface area contributed by atoms with E-state index in [1.165, 1.54) is 11.2 Å². The maximum absolute atomic E-state index is 12.5. The van der Waals surface area contributed by atoms with Crippen molar-refractivity contribution in [1.29, 1.82) is 0 Å². The number of nitrogens with zero attached hydrogens (tertiary/aromatic N) is 1. The molecule has 28 heavy (non-hydrogen) atoms. The van der Waals surface area contributed by atoms with Crippen LogP contribution in [0.5, 0.6) is 0 Å². The van der Waals surface area contributed by atoms with Gasteiger partial charge in [0, 0.05) is 0 Å². The highest BCUT2D eigenvalue weighted by molar-refractivity contribution is 5.94. The molecule has 0 spiro atoms. The second-order valence-electron chi connectivity index (χ2n) is 6.87. The van der Waals surface area contributed by atoms with E-state index in [2.05, 4.69) is 10.6 Å². The van der Waals surface area contributed by atoms with Crippen molar-refractivity contribution >= 4 is 17.9 Å². The van der Waals surface area contributed by atoms with Gasteiger partial charge in [-0.2, -0.15) is 0 Å². The van der Waals surface area contributed by atoms with Crippen LogP contribution in [0.25, 0.3) is 0 Å². The highest BCUT2D eigenvalue weighted by Gasteiger charge is 2.34. The molecule has 0 aliphatic carbocycles. The number of rotatable bonds is 6. The van der Waals surface area contributed by atoms with Gasteiger partial charge in [0.2, 0.25) is 0 Å². The molecule has 2 aliphatic rings. The molecule has 152 valence electrons. The van der Waals surface area contributed by atoms with E-state index in [-0.39, 0.29) is 24.6 Å². The highest BCUT2D eigenvalue weighted by atomic mass is 16.5. The lowest BCUT2D eigenvalue weighted by Gasteiger charge is -2.34. The van der Waals surface area contributed by atoms with Crippen molar-refractivity contribution < 1.29 is 28.4 Å². The molecule has 1 aromatic rings. The number of amides is 3. The fraction of sp³-hybridized carbons (Fsp3) is 0.526. The summed E-state index contributed by atoms with van der Waals surface area (Å²) in [6.07, 6.45) is 2.09. The Balaban J connectivity index is 1.68. The Morgan fingerprint density at radius 1 is 1.32 bits per heavy atom. The summed E-state index contributed by atoms with van der Waals surface area (Å²) in [5.74, 6) is -0.174. The number of furan rings is 1. The smallest absolute Gasteiger partial charge is 0.338 e. The van der Waals surface area contributed by atoms with Crippen molar-refractivity contribution in [2.24, 2.45) is 0 Å². The van der Waals surface area contributed by atoms with Gasteiger partial charge in [-0.15, -0.1) is 0 Å². The molecule has 9 heteroatoms. The lowest BCUT2D eigenvalue weighted by molar-refractivity contribution is -0.899. The summed E-state index contributed by atoms with van der Waals surface area (Å²) in [5, 5.41) is 5.57. The molecular weight excluding hydrogens is 364 g/mol. The molecule has 1 atom stereocenters. The Bertz CT molecular complexity index is 750. The third-order valence-electron chi connectivity index (χ3n) is 5.06. The van der Waals surface area contributed by atoms with Crippen molar-refractivity contribution in [3.63, 3.8) is 0 Å². The summed E-state index contributed by atoms with van der Waals surface area (Å²) < 4.78 is 10.4. The van der Waals surface area contributed by atoms with Gasteiger partial charge in [0.15, 0.2) is 5.76 Å². The average molecular weight is 391 g/mol. The molecule has 0 saturated carbocycles. The van der Waals surface area contributed by atoms with E-state index in [9.17, 15) is 14.4 Å². The van der Waals surface area contributed by atoms with Gasteiger partial charge in [0.05, 0.1) is 56.4 Å². The molecule has 3 amide bonds. The van der Waals surface area contributed by atoms with Crippen LogP contribution >= 0.6 is 0 Å². The number of quaternary nitrogens is 1. The van der Waals surface area contributed by atoms with Gasteiger partial charge >= 0.3 is 12.0 Å². The Morgan fingerprint density at radius 3 is 2.68 bits per heavy atom. The average Bonchev–Trinajstić information content (AvgIpc) is 3.22. The summed E-state index contributed by atoms with van der Waals surface area (Å²) in [4.78, 5) is 39.8. The van der Waals surface area contributed by atoms with Crippen LogP contribution in [0.3, 0.4) is 0 Å². The molecule has 0 radical (unpaired) electrons. The van der Waals surface area contributed by atoms with Crippen molar-refractivity contribution in [2.75, 3.05) is 39.3 Å². The Morgan fingerprint density at radius 2 is 2.07 bits per heavy atom. The van der Waals surface area contributed by atoms with Gasteiger partial charge < -0.3 is 29.6 Å². The van der Waals surface area contributed by atoms with Gasteiger partial charge in [0.25, 0.3) is 5.91 Å². The number of ether oxygens (including phenoxy) is 1. The topological polar surface area (TPSA) is 105 Å². The van der Waals surface area contributed by atoms with Crippen molar-refractivity contribution in [2.45, 2.75) is 26.3 Å². The van der Waals surface area contributed by atoms with Gasteiger partial charge in [-0.1, -0.05) is 6.92 Å². The van der Waals surface area contributed by atoms with E-state index in [1.54, 1.807) is 24.0 Å². The van der Waals surface area contributed by atoms with E-state index in [1.807, 2.05) is 6.92 Å². The van der Waals surface area contributed by atoms with Crippen LogP contribution < -0.4 is 15.5 Å². The maximum Gasteiger partial charge on any atom is 0.338 e. The summed E-state index contributed by atoms with van der Waals surface area (Å²) in [7, 11) is 0. The van der Waals surface area contributed by atoms with E-state index >= 15 is 0 Å². The monoisotopic (exact) mass is 391 g/mol. The van der Waals surface area contributed by atoms with Crippen LogP contribution in [0.15, 0.2) is 34.1 Å². The van der Waals surface area contributed by atoms with Crippen LogP contribution in [-0.4, -0.2) is 68.2 Å². The third-order valence-corrected chi connectivity index (χ3v) is 5.06. The van der Waals surface area contributed by atoms with Gasteiger partial charge in [-0.05, 0) is 25.5 Å². The van der Waals surface area contributed by atoms with Crippen LogP contribution in [-0.2, 0) is 9.53 Å². The van der Waals surface area contributed by atoms with E-state index in [0.29, 0.717) is 56.2 Å². The molecule has 0 aromatic carbocycles. The molecule has 3 N–H and O–H groups in total. The molecular formula is C19H27N4O5+. The molecule has 9 nitrogen and oxygen atoms in total. The first kappa shape index (κ1) is 19.9. The summed E-state index contributed by atoms with van der Waals surface area (Å²) >= 11 is 0. The normalized spacial score (nSPS) is 20.6. The summed E-state index contributed by atoms with van der Waals surface area (Å²) in [6, 6.07) is 2.69. The largest absolute Gasteiger partial charge is 0.463 e. The number of carbonyl (C=O) groups is 3. The first-order valence-corrected chi connectivity index (χ1v) is 9.67. The minimum Gasteiger partial charge on any atom is -0.463 e. The fourth-order valence-corrected chi connectivity index (χ4v) is 3.61. The van der Waals surface area contributed by atoms with Crippen LogP contribution in [0, 0.1) is 0 Å². The Hall–Kier alpha value is -2.81. The van der Waals surface area contributed by atoms with Gasteiger partial charge in [-0.3, -0.25) is 4.79 Å². The number of hydrogen-bond acceptors (Lipinski definition) is 5. The third kappa shape index (κ3) is 4.36. The minimum absolute atomic E-state index is 0.114. The molecule has 1 aromatic heterocycles. The fourth-order valence-electron chi connectivity index (χ4n) is 3.61. The number of carbonyl (C=O) groups excluding carboxylic acids is 3. The summed E-state index contributed by atoms with van der Waals surface area (Å²) in [5.41, 5.74) is 1.10. The number of hydrogen-bond donors (Lipinski definition) is 3. The Labute approximate surface area is 163 Å². The zero-order valence-electron chi connectivity index (χ0n) is 16.2. The summed E-state index contributed by atoms with van der Waals surface area (Å²) in [6.45, 7) is 7.05. The molecule has 0 unspecified atom stereocenters. The van der Waals surface area contributed by atoms with Crippen molar-refractivity contribution in [3.05, 3.63) is 35.4 Å². The van der Waals surface area contributed by atoms with Gasteiger partial charge in [-0.25, -0.2) is 9.59 Å². The SMILES string of the molecule is CCOC(=O)C1=C(C[NH+]2CCN(C(=O)c3ccco3)CC2)NC(=O)N[C@@H]1CC. The second-order valence-corrected chi connectivity index (χ2v) is 6.87. The lowest BCUT2D eigenvalue weighted by atomic mass is 10.00. The van der Waals surface area contributed by atoms with Crippen LogP contribution in [0.4, 0.5) is 4.79 Å². The first-order valence-electron chi connectivity index (χ1n) is 9.67. The van der Waals surface area contributed by atoms with E-state index in [0.717, 1.165) is 0 Å². The van der Waals surface area contributed by atoms with E-state index in [4.69, 9.17) is 9.15 Å². The second kappa shape index (κ2) is 8.92. The van der Waals surface area contributed by atoms with Crippen molar-refractivity contribution in [3.8, 4) is 0 Å². The maximum atomic E-state index is 12.5. The van der Waals surface area contributed by atoms with Crippen molar-refractivity contribution in [1.82, 2.24) is 15.5 Å². The van der Waals surface area contributed by atoms with Crippen LogP contribution in [0.1, 0.15) is 30.8 Å². The lowest BCUT2D eigenvalue weighted by Crippen LogP contribution is -3.15. The van der Waals surface area contributed by atoms with E-state index < -0.39 is 5.97 Å². The molecule has 3 heterocycles. The number of nitrogens with one attached hydrogen (secondary N) is 3. The quantitative estimate of drug-likeness (QED) is 0.569. The van der Waals surface area contributed by atoms with Crippen LogP contribution in [0.2, 0.25) is 0 Å². The number of piperazine rings is 1. The number of esters is 1. The minimum atomic E-state index is -0.400. The molecule has 1 saturated heterocycles. The zero-order chi connectivity index (χ0) is 20.1. The Kier molecular flexibility index (Phi) is 6.35. The standard InChI is InChI=1S/C19H26N4O5/c1-3-13-16(18(25)27-4-2)14(21-19(26)20-13)12-22-7-9-23(10-8-22)17(24)15-6-5-11-28-15/h5-6,11,13H,3-4,7-10,12H2,1-2H3,(H2,20,21,26)/p+1/t13-/m1/s1. The predicted octanol–water partition coefficient (Wildman–Crippen LogP) is -0.471.